The van der Waals surface area contributed by atoms with E-state index in [1.807, 2.05) is 0 Å². The Balaban J connectivity index is 4.61. The lowest BCUT2D eigenvalue weighted by Crippen LogP contribution is -2.54. The van der Waals surface area contributed by atoms with Gasteiger partial charge in [0.15, 0.2) is 0 Å². The number of rotatable bonds is 12. The van der Waals surface area contributed by atoms with Crippen LogP contribution in [-0.2, 0) is 19.2 Å². The quantitative estimate of drug-likeness (QED) is 0.175. The molecule has 3 amide bonds. The third-order valence-electron chi connectivity index (χ3n) is 3.28. The van der Waals surface area contributed by atoms with Crippen LogP contribution in [0.3, 0.4) is 0 Å². The Labute approximate surface area is 145 Å². The summed E-state index contributed by atoms with van der Waals surface area (Å²) in [7, 11) is 0. The largest absolute Gasteiger partial charge is 0.480 e. The zero-order valence-corrected chi connectivity index (χ0v) is 14.2. The molecule has 0 aliphatic heterocycles. The first-order valence-corrected chi connectivity index (χ1v) is 7.89. The van der Waals surface area contributed by atoms with E-state index in [-0.39, 0.29) is 6.42 Å². The Bertz CT molecular complexity index is 473. The smallest absolute Gasteiger partial charge is 0.325 e. The number of aliphatic carboxylic acids is 1. The average Bonchev–Trinajstić information content (AvgIpc) is 2.57. The molecule has 0 radical (unpaired) electrons. The molecule has 0 aliphatic rings. The molecule has 0 spiro atoms. The van der Waals surface area contributed by atoms with Crippen LogP contribution < -0.4 is 27.4 Å². The summed E-state index contributed by atoms with van der Waals surface area (Å²) in [6.45, 7) is 0.701. The van der Waals surface area contributed by atoms with Gasteiger partial charge in [-0.05, 0) is 32.7 Å². The monoisotopic (exact) mass is 361 g/mol. The van der Waals surface area contributed by atoms with Gasteiger partial charge in [0.25, 0.3) is 0 Å². The highest BCUT2D eigenvalue weighted by atomic mass is 16.4. The van der Waals surface area contributed by atoms with Gasteiger partial charge in [0.05, 0.1) is 13.2 Å². The summed E-state index contributed by atoms with van der Waals surface area (Å²) in [6, 6.07) is -3.20. The summed E-state index contributed by atoms with van der Waals surface area (Å²) in [5.74, 6) is -3.19. The third-order valence-corrected chi connectivity index (χ3v) is 3.28. The molecule has 9 N–H and O–H groups in total. The second kappa shape index (κ2) is 12.2. The first kappa shape index (κ1) is 22.8. The summed E-state index contributed by atoms with van der Waals surface area (Å²) in [6.07, 6.45) is 1.48. The van der Waals surface area contributed by atoms with E-state index in [2.05, 4.69) is 16.0 Å². The normalized spacial score (nSPS) is 14.1. The van der Waals surface area contributed by atoms with Crippen molar-refractivity contribution in [3.05, 3.63) is 0 Å². The molecule has 11 nitrogen and oxygen atoms in total. The molecule has 0 aromatic heterocycles. The number of nitrogens with two attached hydrogens (primary N) is 2. The van der Waals surface area contributed by atoms with Crippen molar-refractivity contribution in [2.45, 2.75) is 44.3 Å². The van der Waals surface area contributed by atoms with Crippen LogP contribution in [-0.4, -0.2) is 71.7 Å². The fraction of sp³-hybridized carbons (Fsp3) is 0.714. The van der Waals surface area contributed by atoms with Gasteiger partial charge in [0.1, 0.15) is 18.1 Å². The Hall–Kier alpha value is -2.24. The van der Waals surface area contributed by atoms with Crippen molar-refractivity contribution < 1.29 is 29.4 Å². The summed E-state index contributed by atoms with van der Waals surface area (Å²) in [4.78, 5) is 46.1. The summed E-state index contributed by atoms with van der Waals surface area (Å²) in [5.41, 5.74) is 10.8. The van der Waals surface area contributed by atoms with Crippen molar-refractivity contribution in [3.8, 4) is 0 Å². The number of unbranched alkanes of at least 4 members (excludes halogenated alkanes) is 1. The van der Waals surface area contributed by atoms with Gasteiger partial charge < -0.3 is 37.6 Å². The highest BCUT2D eigenvalue weighted by Gasteiger charge is 2.24. The fourth-order valence-corrected chi connectivity index (χ4v) is 1.77. The van der Waals surface area contributed by atoms with Crippen LogP contribution >= 0.6 is 0 Å². The van der Waals surface area contributed by atoms with Gasteiger partial charge >= 0.3 is 5.97 Å². The molecule has 0 saturated heterocycles. The minimum Gasteiger partial charge on any atom is -0.480 e. The van der Waals surface area contributed by atoms with Gasteiger partial charge in [-0.25, -0.2) is 0 Å². The molecule has 0 fully saturated rings. The van der Waals surface area contributed by atoms with E-state index in [0.29, 0.717) is 19.4 Å². The van der Waals surface area contributed by atoms with Crippen LogP contribution in [0.25, 0.3) is 0 Å². The third kappa shape index (κ3) is 9.59. The SMILES string of the molecule is CC(NC(=O)CNC(=O)C(CCCCN)NC(=O)C(N)CO)C(=O)O. The topological polar surface area (TPSA) is 197 Å². The number of hydrogen-bond acceptors (Lipinski definition) is 7. The van der Waals surface area contributed by atoms with Gasteiger partial charge in [0.2, 0.25) is 17.7 Å². The van der Waals surface area contributed by atoms with E-state index in [9.17, 15) is 19.2 Å². The Morgan fingerprint density at radius 2 is 1.72 bits per heavy atom. The Morgan fingerprint density at radius 3 is 2.24 bits per heavy atom. The summed E-state index contributed by atoms with van der Waals surface area (Å²) >= 11 is 0. The molecule has 25 heavy (non-hydrogen) atoms. The Kier molecular flexibility index (Phi) is 11.1. The number of carboxylic acids is 1. The summed E-state index contributed by atoms with van der Waals surface area (Å²) < 4.78 is 0. The molecular formula is C14H27N5O6. The Morgan fingerprint density at radius 1 is 1.08 bits per heavy atom. The lowest BCUT2D eigenvalue weighted by molar-refractivity contribution is -0.141. The predicted molar refractivity (Wildman–Crippen MR) is 88.1 cm³/mol. The maximum absolute atomic E-state index is 12.2. The predicted octanol–water partition coefficient (Wildman–Crippen LogP) is -3.37. The minimum absolute atomic E-state index is 0.278. The van der Waals surface area contributed by atoms with Crippen molar-refractivity contribution >= 4 is 23.7 Å². The molecule has 0 saturated carbocycles. The number of carboxylic acid groups (broad SMARTS) is 1. The maximum atomic E-state index is 12.2. The summed E-state index contributed by atoms with van der Waals surface area (Å²) in [5, 5.41) is 24.5. The lowest BCUT2D eigenvalue weighted by atomic mass is 10.1. The van der Waals surface area contributed by atoms with Crippen molar-refractivity contribution in [2.75, 3.05) is 19.7 Å². The van der Waals surface area contributed by atoms with E-state index in [1.165, 1.54) is 6.92 Å². The van der Waals surface area contributed by atoms with Crippen molar-refractivity contribution in [2.24, 2.45) is 11.5 Å². The molecule has 0 heterocycles. The highest BCUT2D eigenvalue weighted by molar-refractivity contribution is 5.92. The molecule has 3 atom stereocenters. The maximum Gasteiger partial charge on any atom is 0.325 e. The van der Waals surface area contributed by atoms with Crippen LogP contribution in [0, 0.1) is 0 Å². The molecule has 144 valence electrons. The molecular weight excluding hydrogens is 334 g/mol. The minimum atomic E-state index is -1.20. The number of nitrogens with one attached hydrogen (secondary N) is 3. The first-order valence-electron chi connectivity index (χ1n) is 7.89. The highest BCUT2D eigenvalue weighted by Crippen LogP contribution is 2.01. The number of aliphatic hydroxyl groups excluding tert-OH is 1. The molecule has 0 aromatic rings. The van der Waals surface area contributed by atoms with E-state index in [4.69, 9.17) is 21.7 Å². The van der Waals surface area contributed by atoms with Gasteiger partial charge in [-0.15, -0.1) is 0 Å². The molecule has 0 aliphatic carbocycles. The van der Waals surface area contributed by atoms with Gasteiger partial charge in [-0.2, -0.15) is 0 Å². The van der Waals surface area contributed by atoms with Crippen molar-refractivity contribution in [1.82, 2.24) is 16.0 Å². The standard InChI is InChI=1S/C14H27N5O6/c1-8(14(24)25)18-11(21)6-17-13(23)10(4-2-3-5-15)19-12(22)9(16)7-20/h8-10,20H,2-7,15-16H2,1H3,(H,17,23)(H,18,21)(H,19,22)(H,24,25). The zero-order valence-electron chi connectivity index (χ0n) is 14.2. The molecule has 0 rings (SSSR count). The lowest BCUT2D eigenvalue weighted by Gasteiger charge is -2.20. The number of amides is 3. The number of hydrogen-bond donors (Lipinski definition) is 7. The van der Waals surface area contributed by atoms with Crippen molar-refractivity contribution in [1.29, 1.82) is 0 Å². The molecule has 0 bridgehead atoms. The van der Waals surface area contributed by atoms with Crippen molar-refractivity contribution in [3.63, 3.8) is 0 Å². The zero-order chi connectivity index (χ0) is 19.4. The van der Waals surface area contributed by atoms with Gasteiger partial charge in [0, 0.05) is 0 Å². The second-order valence-corrected chi connectivity index (χ2v) is 5.48. The van der Waals surface area contributed by atoms with Gasteiger partial charge in [-0.3, -0.25) is 19.2 Å². The first-order chi connectivity index (χ1) is 11.7. The van der Waals surface area contributed by atoms with E-state index in [1.54, 1.807) is 0 Å². The molecule has 0 aromatic carbocycles. The number of carbonyl (C=O) groups is 4. The number of carbonyl (C=O) groups excluding carboxylic acids is 3. The second-order valence-electron chi connectivity index (χ2n) is 5.48. The van der Waals surface area contributed by atoms with Gasteiger partial charge in [-0.1, -0.05) is 0 Å². The van der Waals surface area contributed by atoms with Crippen LogP contribution in [0.2, 0.25) is 0 Å². The average molecular weight is 361 g/mol. The van der Waals surface area contributed by atoms with Crippen LogP contribution in [0.5, 0.6) is 0 Å². The van der Waals surface area contributed by atoms with E-state index < -0.39 is 55.0 Å². The number of aliphatic hydroxyl groups is 1. The van der Waals surface area contributed by atoms with Crippen LogP contribution in [0.1, 0.15) is 26.2 Å². The van der Waals surface area contributed by atoms with E-state index >= 15 is 0 Å². The molecule has 11 heteroatoms. The van der Waals surface area contributed by atoms with Crippen LogP contribution in [0.4, 0.5) is 0 Å². The fourth-order valence-electron chi connectivity index (χ4n) is 1.77. The van der Waals surface area contributed by atoms with E-state index in [0.717, 1.165) is 0 Å². The van der Waals surface area contributed by atoms with Crippen LogP contribution in [0.15, 0.2) is 0 Å². The molecule has 3 unspecified atom stereocenters.